The van der Waals surface area contributed by atoms with E-state index in [0.29, 0.717) is 46.3 Å². The molecule has 1 aliphatic carbocycles. The van der Waals surface area contributed by atoms with E-state index in [-0.39, 0.29) is 30.7 Å². The van der Waals surface area contributed by atoms with E-state index in [9.17, 15) is 14.4 Å². The molecule has 1 heterocycles. The van der Waals surface area contributed by atoms with Crippen LogP contribution in [0.2, 0.25) is 10.0 Å². The van der Waals surface area contributed by atoms with Crippen molar-refractivity contribution < 1.29 is 19.5 Å². The van der Waals surface area contributed by atoms with Crippen LogP contribution in [0, 0.1) is 5.92 Å². The first-order valence-electron chi connectivity index (χ1n) is 11.8. The Hall–Kier alpha value is -3.16. The Balaban J connectivity index is 1.50. The molecule has 36 heavy (non-hydrogen) atoms. The highest BCUT2D eigenvalue weighted by molar-refractivity contribution is 6.47. The van der Waals surface area contributed by atoms with Gasteiger partial charge in [0, 0.05) is 40.7 Å². The van der Waals surface area contributed by atoms with Crippen molar-refractivity contribution in [2.45, 2.75) is 38.3 Å². The van der Waals surface area contributed by atoms with Crippen LogP contribution in [-0.4, -0.2) is 52.3 Å². The highest BCUT2D eigenvalue weighted by Gasteiger charge is 2.47. The highest BCUT2D eigenvalue weighted by atomic mass is 35.5. The third-order valence-electron chi connectivity index (χ3n) is 6.43. The molecular weight excluding hydrogens is 501 g/mol. The number of allylic oxidation sites excluding steroid dienone is 1. The Morgan fingerprint density at radius 3 is 2.50 bits per heavy atom. The second kappa shape index (κ2) is 10.8. The molecule has 2 amide bonds. The second-order valence-electron chi connectivity index (χ2n) is 9.22. The maximum atomic E-state index is 13.6. The lowest BCUT2D eigenvalue weighted by Gasteiger charge is -2.39. The van der Waals surface area contributed by atoms with Crippen LogP contribution in [0.4, 0.5) is 0 Å². The van der Waals surface area contributed by atoms with Crippen molar-refractivity contribution in [2.75, 3.05) is 13.1 Å². The number of hydrogen-bond donors (Lipinski definition) is 2. The molecular formula is C27H27Cl2N3O4. The first kappa shape index (κ1) is 25.9. The van der Waals surface area contributed by atoms with Gasteiger partial charge < -0.3 is 15.3 Å². The zero-order chi connectivity index (χ0) is 25.9. The predicted octanol–water partition coefficient (Wildman–Crippen LogP) is 4.75. The van der Waals surface area contributed by atoms with E-state index >= 15 is 0 Å². The number of aliphatic imine (C=N–C) groups is 1. The molecule has 0 bridgehead atoms. The van der Waals surface area contributed by atoms with Crippen molar-refractivity contribution in [2.24, 2.45) is 10.9 Å². The zero-order valence-electron chi connectivity index (χ0n) is 19.8. The monoisotopic (exact) mass is 527 g/mol. The summed E-state index contributed by atoms with van der Waals surface area (Å²) in [5, 5.41) is 12.2. The Morgan fingerprint density at radius 2 is 1.86 bits per heavy atom. The number of hydrogen-bond acceptors (Lipinski definition) is 4. The predicted molar refractivity (Wildman–Crippen MR) is 140 cm³/mol. The van der Waals surface area contributed by atoms with E-state index in [0.717, 1.165) is 12.0 Å². The van der Waals surface area contributed by atoms with Gasteiger partial charge in [-0.25, -0.2) is 0 Å². The topological polar surface area (TPSA) is 99.1 Å². The molecule has 2 aromatic rings. The third-order valence-corrected chi connectivity index (χ3v) is 6.87. The Kier molecular flexibility index (Phi) is 7.81. The number of carboxylic acids is 1. The summed E-state index contributed by atoms with van der Waals surface area (Å²) in [6.45, 7) is 2.65. The molecule has 0 radical (unpaired) electrons. The van der Waals surface area contributed by atoms with E-state index in [1.54, 1.807) is 30.3 Å². The van der Waals surface area contributed by atoms with Crippen LogP contribution < -0.4 is 5.32 Å². The number of rotatable bonds is 8. The lowest BCUT2D eigenvalue weighted by atomic mass is 9.87. The molecule has 4 rings (SSSR count). The number of amides is 2. The van der Waals surface area contributed by atoms with Crippen LogP contribution >= 0.6 is 23.2 Å². The van der Waals surface area contributed by atoms with Crippen LogP contribution in [0.3, 0.4) is 0 Å². The first-order chi connectivity index (χ1) is 17.2. The molecule has 0 saturated heterocycles. The molecule has 9 heteroatoms. The van der Waals surface area contributed by atoms with Crippen molar-refractivity contribution in [3.63, 3.8) is 0 Å². The fourth-order valence-corrected chi connectivity index (χ4v) is 5.26. The minimum Gasteiger partial charge on any atom is -0.481 e. The van der Waals surface area contributed by atoms with E-state index in [1.165, 1.54) is 0 Å². The van der Waals surface area contributed by atoms with Crippen LogP contribution in [-0.2, 0) is 16.0 Å². The average Bonchev–Trinajstić information content (AvgIpc) is 3.07. The van der Waals surface area contributed by atoms with Gasteiger partial charge in [-0.05, 0) is 54.7 Å². The van der Waals surface area contributed by atoms with Gasteiger partial charge in [0.1, 0.15) is 11.4 Å². The molecule has 2 N–H and O–H groups in total. The van der Waals surface area contributed by atoms with Gasteiger partial charge in [0.25, 0.3) is 11.8 Å². The van der Waals surface area contributed by atoms with Crippen LogP contribution in [0.15, 0.2) is 59.6 Å². The number of carbonyl (C=O) groups is 3. The fourth-order valence-electron chi connectivity index (χ4n) is 4.74. The normalized spacial score (nSPS) is 21.1. The standard InChI is InChI=1S/C27H27Cl2N3O4/c1-17-3-2-10-27(16-17)31-24(20-13-21(28)15-22(29)14-20)26(36)32(27)12-9-18-4-6-19(7-5-18)25(35)30-11-8-23(33)34/h2-7,13-15,17H,8-12,16H2,1H3,(H,30,35)(H,33,34). The van der Waals surface area contributed by atoms with Gasteiger partial charge in [0.15, 0.2) is 0 Å². The van der Waals surface area contributed by atoms with Crippen molar-refractivity contribution in [1.82, 2.24) is 10.2 Å². The lowest BCUT2D eigenvalue weighted by Crippen LogP contribution is -2.49. The molecule has 2 atom stereocenters. The number of benzene rings is 2. The van der Waals surface area contributed by atoms with Gasteiger partial charge in [0.2, 0.25) is 0 Å². The second-order valence-corrected chi connectivity index (χ2v) is 10.1. The summed E-state index contributed by atoms with van der Waals surface area (Å²) in [6.07, 6.45) is 6.06. The minimum atomic E-state index is -0.965. The van der Waals surface area contributed by atoms with Gasteiger partial charge in [-0.1, -0.05) is 54.4 Å². The molecule has 0 saturated carbocycles. The highest BCUT2D eigenvalue weighted by Crippen LogP contribution is 2.39. The smallest absolute Gasteiger partial charge is 0.305 e. The summed E-state index contributed by atoms with van der Waals surface area (Å²) < 4.78 is 0. The molecule has 7 nitrogen and oxygen atoms in total. The number of aliphatic carboxylic acids is 1. The SMILES string of the molecule is CC1C=CCC2(C1)N=C(c1cc(Cl)cc(Cl)c1)C(=O)N2CCc1ccc(C(=O)NCCC(=O)O)cc1. The maximum Gasteiger partial charge on any atom is 0.305 e. The number of nitrogens with one attached hydrogen (secondary N) is 1. The largest absolute Gasteiger partial charge is 0.481 e. The molecule has 1 aliphatic heterocycles. The minimum absolute atomic E-state index is 0.0715. The summed E-state index contributed by atoms with van der Waals surface area (Å²) in [4.78, 5) is 43.3. The third kappa shape index (κ3) is 5.79. The number of carboxylic acid groups (broad SMARTS) is 1. The quantitative estimate of drug-likeness (QED) is 0.483. The van der Waals surface area contributed by atoms with Gasteiger partial charge in [-0.3, -0.25) is 19.4 Å². The summed E-state index contributed by atoms with van der Waals surface area (Å²) in [5.41, 5.74) is 1.75. The van der Waals surface area contributed by atoms with Crippen LogP contribution in [0.1, 0.15) is 47.7 Å². The number of nitrogens with zero attached hydrogens (tertiary/aromatic N) is 2. The van der Waals surface area contributed by atoms with Gasteiger partial charge >= 0.3 is 5.97 Å². The lowest BCUT2D eigenvalue weighted by molar-refractivity contribution is -0.136. The molecule has 2 aromatic carbocycles. The average molecular weight is 528 g/mol. The van der Waals surface area contributed by atoms with E-state index in [2.05, 4.69) is 24.4 Å². The van der Waals surface area contributed by atoms with E-state index < -0.39 is 11.6 Å². The summed E-state index contributed by atoms with van der Waals surface area (Å²) in [6, 6.07) is 12.2. The molecule has 0 aromatic heterocycles. The van der Waals surface area contributed by atoms with Crippen molar-refractivity contribution in [1.29, 1.82) is 0 Å². The maximum absolute atomic E-state index is 13.6. The van der Waals surface area contributed by atoms with Crippen LogP contribution in [0.5, 0.6) is 0 Å². The van der Waals surface area contributed by atoms with Gasteiger partial charge in [-0.2, -0.15) is 0 Å². The Bertz CT molecular complexity index is 1220. The van der Waals surface area contributed by atoms with Crippen LogP contribution in [0.25, 0.3) is 0 Å². The van der Waals surface area contributed by atoms with E-state index in [1.807, 2.05) is 17.0 Å². The Morgan fingerprint density at radius 1 is 1.17 bits per heavy atom. The van der Waals surface area contributed by atoms with Gasteiger partial charge in [0.05, 0.1) is 6.42 Å². The summed E-state index contributed by atoms with van der Waals surface area (Å²) in [7, 11) is 0. The van der Waals surface area contributed by atoms with Crippen molar-refractivity contribution >= 4 is 46.7 Å². The molecule has 188 valence electrons. The number of carbonyl (C=O) groups excluding carboxylic acids is 2. The van der Waals surface area contributed by atoms with Crippen molar-refractivity contribution in [3.05, 3.63) is 81.4 Å². The summed E-state index contributed by atoms with van der Waals surface area (Å²) in [5.74, 6) is -1.16. The summed E-state index contributed by atoms with van der Waals surface area (Å²) >= 11 is 12.4. The zero-order valence-corrected chi connectivity index (χ0v) is 21.4. The molecule has 0 fully saturated rings. The van der Waals surface area contributed by atoms with Gasteiger partial charge in [-0.15, -0.1) is 0 Å². The molecule has 2 aliphatic rings. The molecule has 1 spiro atoms. The Labute approximate surface area is 219 Å². The van der Waals surface area contributed by atoms with Crippen molar-refractivity contribution in [3.8, 4) is 0 Å². The molecule has 2 unspecified atom stereocenters. The first-order valence-corrected chi connectivity index (χ1v) is 12.6. The number of halogens is 2. The van der Waals surface area contributed by atoms with E-state index in [4.69, 9.17) is 33.3 Å². The fraction of sp³-hybridized carbons (Fsp3) is 0.333.